The Hall–Kier alpha value is -1.03. The van der Waals surface area contributed by atoms with Crippen LogP contribution in [-0.4, -0.2) is 4.43 Å². The third kappa shape index (κ3) is 2.03. The van der Waals surface area contributed by atoms with Gasteiger partial charge in [0.05, 0.1) is 0 Å². The third-order valence-electron chi connectivity index (χ3n) is 3.59. The number of hydrogen-bond donors (Lipinski definition) is 0. The second-order valence-corrected chi connectivity index (χ2v) is 5.47. The molecule has 1 unspecified atom stereocenters. The lowest BCUT2D eigenvalue weighted by Gasteiger charge is -2.38. The molecule has 3 rings (SSSR count). The molecule has 0 saturated heterocycles. The molecule has 0 bridgehead atoms. The van der Waals surface area contributed by atoms with Crippen molar-refractivity contribution in [3.63, 3.8) is 0 Å². The van der Waals surface area contributed by atoms with Crippen molar-refractivity contribution in [2.45, 2.75) is 18.4 Å². The van der Waals surface area contributed by atoms with Gasteiger partial charge in [-0.2, -0.15) is 0 Å². The molecule has 0 N–H and O–H groups in total. The molecule has 0 saturated carbocycles. The summed E-state index contributed by atoms with van der Waals surface area (Å²) in [5.41, 5.74) is 2.46. The van der Waals surface area contributed by atoms with Crippen LogP contribution in [0, 0.1) is 0 Å². The van der Waals surface area contributed by atoms with Crippen LogP contribution in [0.25, 0.3) is 0 Å². The van der Waals surface area contributed by atoms with Crippen molar-refractivity contribution in [1.29, 1.82) is 0 Å². The predicted molar refractivity (Wildman–Crippen MR) is 82.4 cm³/mol. The average Bonchev–Trinajstić information content (AvgIpc) is 2.47. The van der Waals surface area contributed by atoms with E-state index in [1.165, 1.54) is 11.1 Å². The van der Waals surface area contributed by atoms with Crippen LogP contribution in [-0.2, 0) is 12.0 Å². The van der Waals surface area contributed by atoms with Gasteiger partial charge in [0.15, 0.2) is 0 Å². The number of rotatable bonds is 2. The molecular formula is C16H15IO. The van der Waals surface area contributed by atoms with Gasteiger partial charge in [-0.3, -0.25) is 0 Å². The highest BCUT2D eigenvalue weighted by molar-refractivity contribution is 14.1. The van der Waals surface area contributed by atoms with E-state index in [4.69, 9.17) is 4.74 Å². The number of fused-ring (bicyclic) bond motifs is 1. The normalized spacial score (nSPS) is 22.1. The molecule has 1 atom stereocenters. The number of halogens is 1. The van der Waals surface area contributed by atoms with E-state index in [0.29, 0.717) is 0 Å². The highest BCUT2D eigenvalue weighted by Crippen LogP contribution is 2.40. The number of para-hydroxylation sites is 1. The lowest BCUT2D eigenvalue weighted by molar-refractivity contribution is 0.0707. The van der Waals surface area contributed by atoms with Crippen LogP contribution in [0.15, 0.2) is 54.6 Å². The van der Waals surface area contributed by atoms with Gasteiger partial charge >= 0.3 is 0 Å². The molecule has 1 heterocycles. The summed E-state index contributed by atoms with van der Waals surface area (Å²) in [7, 11) is 0. The highest BCUT2D eigenvalue weighted by Gasteiger charge is 2.36. The van der Waals surface area contributed by atoms with Crippen molar-refractivity contribution >= 4 is 22.6 Å². The van der Waals surface area contributed by atoms with Gasteiger partial charge in [0.2, 0.25) is 0 Å². The van der Waals surface area contributed by atoms with E-state index in [0.717, 1.165) is 23.0 Å². The van der Waals surface area contributed by atoms with Crippen LogP contribution in [0.1, 0.15) is 17.5 Å². The van der Waals surface area contributed by atoms with Crippen LogP contribution in [0.4, 0.5) is 0 Å². The SMILES string of the molecule is ICC1(c2ccccc2)CCc2ccccc2O1. The molecule has 18 heavy (non-hydrogen) atoms. The quantitative estimate of drug-likeness (QED) is 0.578. The van der Waals surface area contributed by atoms with Crippen molar-refractivity contribution in [2.75, 3.05) is 4.43 Å². The second-order valence-electron chi connectivity index (χ2n) is 4.70. The molecular weight excluding hydrogens is 335 g/mol. The zero-order valence-corrected chi connectivity index (χ0v) is 12.3. The first-order valence-electron chi connectivity index (χ1n) is 6.22. The van der Waals surface area contributed by atoms with Gasteiger partial charge in [-0.05, 0) is 30.0 Å². The lowest BCUT2D eigenvalue weighted by atomic mass is 9.86. The molecule has 2 aromatic carbocycles. The lowest BCUT2D eigenvalue weighted by Crippen LogP contribution is -2.38. The first-order valence-corrected chi connectivity index (χ1v) is 7.75. The smallest absolute Gasteiger partial charge is 0.143 e. The van der Waals surface area contributed by atoms with Crippen LogP contribution < -0.4 is 4.74 Å². The zero-order chi connectivity index (χ0) is 12.4. The summed E-state index contributed by atoms with van der Waals surface area (Å²) in [4.78, 5) is 0. The molecule has 0 spiro atoms. The minimum atomic E-state index is -0.157. The van der Waals surface area contributed by atoms with E-state index < -0.39 is 0 Å². The second kappa shape index (κ2) is 4.92. The number of aryl methyl sites for hydroxylation is 1. The summed E-state index contributed by atoms with van der Waals surface area (Å²) < 4.78 is 7.32. The Morgan fingerprint density at radius 2 is 1.72 bits per heavy atom. The minimum absolute atomic E-state index is 0.157. The largest absolute Gasteiger partial charge is 0.481 e. The van der Waals surface area contributed by atoms with Crippen LogP contribution in [0.3, 0.4) is 0 Å². The molecule has 0 fully saturated rings. The number of benzene rings is 2. The topological polar surface area (TPSA) is 9.23 Å². The van der Waals surface area contributed by atoms with E-state index in [1.54, 1.807) is 0 Å². The first-order chi connectivity index (χ1) is 8.84. The fourth-order valence-corrected chi connectivity index (χ4v) is 3.50. The van der Waals surface area contributed by atoms with E-state index in [-0.39, 0.29) is 5.60 Å². The summed E-state index contributed by atoms with van der Waals surface area (Å²) in [6, 6.07) is 19.0. The monoisotopic (exact) mass is 350 g/mol. The standard InChI is InChI=1S/C16H15IO/c17-12-16(14-7-2-1-3-8-14)11-10-13-6-4-5-9-15(13)18-16/h1-9H,10-12H2. The van der Waals surface area contributed by atoms with Crippen molar-refractivity contribution in [3.05, 3.63) is 65.7 Å². The van der Waals surface area contributed by atoms with Crippen molar-refractivity contribution in [3.8, 4) is 5.75 Å². The molecule has 0 amide bonds. The van der Waals surface area contributed by atoms with E-state index in [2.05, 4.69) is 71.1 Å². The van der Waals surface area contributed by atoms with Crippen molar-refractivity contribution in [1.82, 2.24) is 0 Å². The van der Waals surface area contributed by atoms with Crippen molar-refractivity contribution < 1.29 is 4.74 Å². The Morgan fingerprint density at radius 3 is 2.50 bits per heavy atom. The van der Waals surface area contributed by atoms with Gasteiger partial charge in [-0.25, -0.2) is 0 Å². The minimum Gasteiger partial charge on any atom is -0.481 e. The summed E-state index contributed by atoms with van der Waals surface area (Å²) in [6.07, 6.45) is 2.14. The number of hydrogen-bond acceptors (Lipinski definition) is 1. The Labute approximate surface area is 121 Å². The fraction of sp³-hybridized carbons (Fsp3) is 0.250. The highest BCUT2D eigenvalue weighted by atomic mass is 127. The molecule has 0 radical (unpaired) electrons. The number of alkyl halides is 1. The Kier molecular flexibility index (Phi) is 3.29. The molecule has 2 aromatic rings. The van der Waals surface area contributed by atoms with E-state index in [1.807, 2.05) is 6.07 Å². The molecule has 0 aromatic heterocycles. The summed E-state index contributed by atoms with van der Waals surface area (Å²) in [6.45, 7) is 0. The summed E-state index contributed by atoms with van der Waals surface area (Å²) >= 11 is 2.44. The molecule has 2 heteroatoms. The molecule has 0 aliphatic carbocycles. The predicted octanol–water partition coefficient (Wildman–Crippen LogP) is 4.34. The maximum atomic E-state index is 6.35. The Morgan fingerprint density at radius 1 is 1.00 bits per heavy atom. The van der Waals surface area contributed by atoms with E-state index in [9.17, 15) is 0 Å². The van der Waals surface area contributed by atoms with Crippen molar-refractivity contribution in [2.24, 2.45) is 0 Å². The van der Waals surface area contributed by atoms with Gasteiger partial charge in [0.1, 0.15) is 11.4 Å². The summed E-state index contributed by atoms with van der Waals surface area (Å²) in [5.74, 6) is 1.05. The van der Waals surface area contributed by atoms with Gasteiger partial charge in [-0.1, -0.05) is 71.1 Å². The molecule has 92 valence electrons. The Bertz CT molecular complexity index is 538. The van der Waals surface area contributed by atoms with Gasteiger partial charge < -0.3 is 4.74 Å². The average molecular weight is 350 g/mol. The molecule has 1 aliphatic rings. The first kappa shape index (κ1) is 12.0. The third-order valence-corrected chi connectivity index (χ3v) is 4.82. The maximum absolute atomic E-state index is 6.35. The fourth-order valence-electron chi connectivity index (χ4n) is 2.52. The molecule has 1 nitrogen and oxygen atoms in total. The maximum Gasteiger partial charge on any atom is 0.143 e. The Balaban J connectivity index is 2.01. The van der Waals surface area contributed by atoms with Crippen LogP contribution in [0.5, 0.6) is 5.75 Å². The van der Waals surface area contributed by atoms with Gasteiger partial charge in [-0.15, -0.1) is 0 Å². The van der Waals surface area contributed by atoms with Gasteiger partial charge in [0.25, 0.3) is 0 Å². The zero-order valence-electron chi connectivity index (χ0n) is 10.1. The van der Waals surface area contributed by atoms with E-state index >= 15 is 0 Å². The number of ether oxygens (including phenoxy) is 1. The van der Waals surface area contributed by atoms with Crippen LogP contribution in [0.2, 0.25) is 0 Å². The molecule has 1 aliphatic heterocycles. The van der Waals surface area contributed by atoms with Gasteiger partial charge in [0, 0.05) is 4.43 Å². The van der Waals surface area contributed by atoms with Crippen LogP contribution >= 0.6 is 22.6 Å². The summed E-state index contributed by atoms with van der Waals surface area (Å²) in [5, 5.41) is 0.